The maximum Gasteiger partial charge on any atom is 0.319 e. The van der Waals surface area contributed by atoms with Gasteiger partial charge in [0.2, 0.25) is 5.91 Å². The van der Waals surface area contributed by atoms with Crippen molar-refractivity contribution in [3.05, 3.63) is 0 Å². The molecule has 0 aromatic heterocycles. The van der Waals surface area contributed by atoms with Gasteiger partial charge in [0, 0.05) is 38.1 Å². The Morgan fingerprint density at radius 1 is 1.22 bits per heavy atom. The molecule has 0 aromatic carbocycles. The molecule has 1 amide bonds. The average Bonchev–Trinajstić information content (AvgIpc) is 2.27. The van der Waals surface area contributed by atoms with Gasteiger partial charge in [0.25, 0.3) is 0 Å². The average molecular weight is 257 g/mol. The Hall–Kier alpha value is -1.14. The van der Waals surface area contributed by atoms with E-state index >= 15 is 0 Å². The maximum absolute atomic E-state index is 11.9. The van der Waals surface area contributed by atoms with Gasteiger partial charge < -0.3 is 15.4 Å². The molecule has 0 saturated carbocycles. The zero-order valence-corrected chi connectivity index (χ0v) is 11.4. The Labute approximate surface area is 108 Å². The van der Waals surface area contributed by atoms with Crippen LogP contribution in [0.3, 0.4) is 0 Å². The molecule has 0 spiro atoms. The van der Waals surface area contributed by atoms with Crippen molar-refractivity contribution in [1.82, 2.24) is 9.80 Å². The lowest BCUT2D eigenvalue weighted by molar-refractivity contribution is -0.142. The zero-order valence-electron chi connectivity index (χ0n) is 11.4. The topological polar surface area (TPSA) is 75.9 Å². The summed E-state index contributed by atoms with van der Waals surface area (Å²) in [6, 6.07) is 0. The first-order chi connectivity index (χ1) is 8.31. The number of piperazine rings is 1. The van der Waals surface area contributed by atoms with Gasteiger partial charge in [-0.15, -0.1) is 0 Å². The third-order valence-electron chi connectivity index (χ3n) is 2.91. The van der Waals surface area contributed by atoms with Crippen molar-refractivity contribution in [2.45, 2.75) is 25.8 Å². The summed E-state index contributed by atoms with van der Waals surface area (Å²) in [6.07, 6.45) is 0.351. The molecule has 1 heterocycles. The fourth-order valence-corrected chi connectivity index (χ4v) is 1.90. The fourth-order valence-electron chi connectivity index (χ4n) is 1.90. The Morgan fingerprint density at radius 2 is 1.78 bits per heavy atom. The highest BCUT2D eigenvalue weighted by molar-refractivity contribution is 5.77. The Morgan fingerprint density at radius 3 is 2.22 bits per heavy atom. The minimum absolute atomic E-state index is 0.0835. The van der Waals surface area contributed by atoms with E-state index in [1.54, 1.807) is 0 Å². The van der Waals surface area contributed by atoms with Crippen LogP contribution in [0.25, 0.3) is 0 Å². The molecule has 1 fully saturated rings. The van der Waals surface area contributed by atoms with E-state index in [0.717, 1.165) is 0 Å². The molecule has 0 atom stereocenters. The standard InChI is InChI=1S/C12H23N3O3/c1-12(2,13)8-10(16)15-6-4-14(5-7-15)9-11(17)18-3/h4-9,13H2,1-3H3. The van der Waals surface area contributed by atoms with Crippen molar-refractivity contribution in [2.75, 3.05) is 39.8 Å². The highest BCUT2D eigenvalue weighted by Gasteiger charge is 2.25. The van der Waals surface area contributed by atoms with Gasteiger partial charge in [-0.25, -0.2) is 0 Å². The highest BCUT2D eigenvalue weighted by atomic mass is 16.5. The number of nitrogens with zero attached hydrogens (tertiary/aromatic N) is 2. The van der Waals surface area contributed by atoms with Crippen molar-refractivity contribution in [3.63, 3.8) is 0 Å². The number of hydrogen-bond donors (Lipinski definition) is 1. The van der Waals surface area contributed by atoms with Crippen LogP contribution in [0.1, 0.15) is 20.3 Å². The molecule has 0 aromatic rings. The van der Waals surface area contributed by atoms with Gasteiger partial charge in [0.15, 0.2) is 0 Å². The van der Waals surface area contributed by atoms with Crippen LogP contribution in [0, 0.1) is 0 Å². The van der Waals surface area contributed by atoms with E-state index in [0.29, 0.717) is 39.1 Å². The van der Waals surface area contributed by atoms with Crippen molar-refractivity contribution >= 4 is 11.9 Å². The van der Waals surface area contributed by atoms with Crippen LogP contribution in [0.5, 0.6) is 0 Å². The zero-order chi connectivity index (χ0) is 13.8. The van der Waals surface area contributed by atoms with E-state index in [2.05, 4.69) is 4.74 Å². The van der Waals surface area contributed by atoms with E-state index < -0.39 is 5.54 Å². The van der Waals surface area contributed by atoms with Crippen LogP contribution in [0.4, 0.5) is 0 Å². The smallest absolute Gasteiger partial charge is 0.319 e. The molecule has 1 rings (SSSR count). The Bertz CT molecular complexity index is 304. The van der Waals surface area contributed by atoms with Crippen molar-refractivity contribution in [2.24, 2.45) is 5.73 Å². The van der Waals surface area contributed by atoms with Gasteiger partial charge in [-0.2, -0.15) is 0 Å². The molecule has 0 unspecified atom stereocenters. The number of methoxy groups -OCH3 is 1. The molecular formula is C12H23N3O3. The van der Waals surface area contributed by atoms with Gasteiger partial charge in [-0.05, 0) is 13.8 Å². The van der Waals surface area contributed by atoms with Gasteiger partial charge in [-0.3, -0.25) is 14.5 Å². The van der Waals surface area contributed by atoms with Crippen molar-refractivity contribution in [3.8, 4) is 0 Å². The number of amides is 1. The third kappa shape index (κ3) is 5.01. The van der Waals surface area contributed by atoms with Gasteiger partial charge in [0.1, 0.15) is 0 Å². The van der Waals surface area contributed by atoms with Gasteiger partial charge in [0.05, 0.1) is 13.7 Å². The molecule has 0 aliphatic carbocycles. The first-order valence-electron chi connectivity index (χ1n) is 6.17. The molecule has 18 heavy (non-hydrogen) atoms. The summed E-state index contributed by atoms with van der Waals surface area (Å²) in [5, 5.41) is 0. The number of ether oxygens (including phenoxy) is 1. The summed E-state index contributed by atoms with van der Waals surface area (Å²) in [4.78, 5) is 26.9. The molecule has 2 N–H and O–H groups in total. The second kappa shape index (κ2) is 6.15. The molecule has 0 radical (unpaired) electrons. The largest absolute Gasteiger partial charge is 0.468 e. The second-order valence-corrected chi connectivity index (χ2v) is 5.40. The lowest BCUT2D eigenvalue weighted by atomic mass is 10.0. The predicted molar refractivity (Wildman–Crippen MR) is 67.9 cm³/mol. The first kappa shape index (κ1) is 14.9. The van der Waals surface area contributed by atoms with Crippen LogP contribution in [-0.4, -0.2) is 67.0 Å². The summed E-state index contributed by atoms with van der Waals surface area (Å²) >= 11 is 0. The fraction of sp³-hybridized carbons (Fsp3) is 0.833. The number of nitrogens with two attached hydrogens (primary N) is 1. The number of carbonyl (C=O) groups is 2. The minimum Gasteiger partial charge on any atom is -0.468 e. The summed E-state index contributed by atoms with van der Waals surface area (Å²) in [6.45, 7) is 6.67. The number of rotatable bonds is 4. The molecule has 1 aliphatic heterocycles. The summed E-state index contributed by atoms with van der Waals surface area (Å²) in [7, 11) is 1.38. The second-order valence-electron chi connectivity index (χ2n) is 5.40. The van der Waals surface area contributed by atoms with Crippen molar-refractivity contribution in [1.29, 1.82) is 0 Å². The lowest BCUT2D eigenvalue weighted by Gasteiger charge is -2.35. The first-order valence-corrected chi connectivity index (χ1v) is 6.17. The number of esters is 1. The predicted octanol–water partition coefficient (Wildman–Crippen LogP) is -0.569. The third-order valence-corrected chi connectivity index (χ3v) is 2.91. The van der Waals surface area contributed by atoms with E-state index in [4.69, 9.17) is 5.73 Å². The van der Waals surface area contributed by atoms with E-state index in [1.165, 1.54) is 7.11 Å². The molecule has 0 bridgehead atoms. The SMILES string of the molecule is COC(=O)CN1CCN(C(=O)CC(C)(C)N)CC1. The van der Waals surface area contributed by atoms with Gasteiger partial charge >= 0.3 is 5.97 Å². The quantitative estimate of drug-likeness (QED) is 0.683. The van der Waals surface area contributed by atoms with E-state index in [1.807, 2.05) is 23.6 Å². The molecular weight excluding hydrogens is 234 g/mol. The molecule has 1 aliphatic rings. The maximum atomic E-state index is 11.9. The lowest BCUT2D eigenvalue weighted by Crippen LogP contribution is -2.51. The van der Waals surface area contributed by atoms with Crippen LogP contribution < -0.4 is 5.73 Å². The molecule has 1 saturated heterocycles. The van der Waals surface area contributed by atoms with Crippen LogP contribution in [-0.2, 0) is 14.3 Å². The van der Waals surface area contributed by atoms with E-state index in [-0.39, 0.29) is 11.9 Å². The molecule has 104 valence electrons. The monoisotopic (exact) mass is 257 g/mol. The Balaban J connectivity index is 2.35. The van der Waals surface area contributed by atoms with Crippen LogP contribution >= 0.6 is 0 Å². The Kier molecular flexibility index (Phi) is 5.10. The molecule has 6 nitrogen and oxygen atoms in total. The van der Waals surface area contributed by atoms with E-state index in [9.17, 15) is 9.59 Å². The highest BCUT2D eigenvalue weighted by Crippen LogP contribution is 2.09. The van der Waals surface area contributed by atoms with Crippen LogP contribution in [0.2, 0.25) is 0 Å². The normalized spacial score (nSPS) is 17.7. The summed E-state index contributed by atoms with van der Waals surface area (Å²) in [5.41, 5.74) is 5.36. The van der Waals surface area contributed by atoms with Crippen LogP contribution in [0.15, 0.2) is 0 Å². The van der Waals surface area contributed by atoms with Gasteiger partial charge in [-0.1, -0.05) is 0 Å². The summed E-state index contributed by atoms with van der Waals surface area (Å²) < 4.78 is 4.62. The molecule has 6 heteroatoms. The minimum atomic E-state index is -0.472. The number of hydrogen-bond acceptors (Lipinski definition) is 5. The number of carbonyl (C=O) groups excluding carboxylic acids is 2. The summed E-state index contributed by atoms with van der Waals surface area (Å²) in [5.74, 6) is -0.155. The van der Waals surface area contributed by atoms with Crippen molar-refractivity contribution < 1.29 is 14.3 Å².